The predicted octanol–water partition coefficient (Wildman–Crippen LogP) is 1.75. The number of aliphatic imine (C=N–C) groups is 1. The summed E-state index contributed by atoms with van der Waals surface area (Å²) >= 11 is 1.77. The minimum absolute atomic E-state index is 0. The van der Waals surface area contributed by atoms with E-state index in [9.17, 15) is 9.59 Å². The summed E-state index contributed by atoms with van der Waals surface area (Å²) in [7, 11) is 1.79. The third-order valence-electron chi connectivity index (χ3n) is 5.47. The van der Waals surface area contributed by atoms with Crippen LogP contribution >= 0.6 is 35.3 Å². The number of amides is 3. The van der Waals surface area contributed by atoms with Crippen molar-refractivity contribution in [2.45, 2.75) is 45.1 Å². The van der Waals surface area contributed by atoms with Crippen LogP contribution in [-0.2, 0) is 17.6 Å². The summed E-state index contributed by atoms with van der Waals surface area (Å²) in [5.74, 6) is 0.787. The van der Waals surface area contributed by atoms with E-state index in [0.29, 0.717) is 0 Å². The van der Waals surface area contributed by atoms with Gasteiger partial charge in [0.1, 0.15) is 5.54 Å². The van der Waals surface area contributed by atoms with Gasteiger partial charge < -0.3 is 15.5 Å². The van der Waals surface area contributed by atoms with Gasteiger partial charge in [0, 0.05) is 44.2 Å². The number of nitrogens with one attached hydrogen (secondary N) is 3. The molecule has 2 fully saturated rings. The quantitative estimate of drug-likeness (QED) is 0.238. The molecule has 1 unspecified atom stereocenters. The second-order valence-electron chi connectivity index (χ2n) is 7.17. The Labute approximate surface area is 187 Å². The lowest BCUT2D eigenvalue weighted by Gasteiger charge is -2.39. The van der Waals surface area contributed by atoms with Gasteiger partial charge in [-0.2, -0.15) is 0 Å². The number of urea groups is 1. The van der Waals surface area contributed by atoms with Gasteiger partial charge >= 0.3 is 6.03 Å². The average Bonchev–Trinajstić information content (AvgIpc) is 3.23. The fourth-order valence-electron chi connectivity index (χ4n) is 3.75. The zero-order valence-electron chi connectivity index (χ0n) is 16.6. The summed E-state index contributed by atoms with van der Waals surface area (Å²) in [6, 6.07) is -0.393. The molecule has 3 heterocycles. The van der Waals surface area contributed by atoms with Crippen LogP contribution in [0.5, 0.6) is 0 Å². The number of nitrogens with zero attached hydrogens (tertiary/aromatic N) is 3. The van der Waals surface area contributed by atoms with Gasteiger partial charge in [-0.1, -0.05) is 6.92 Å². The predicted molar refractivity (Wildman–Crippen MR) is 121 cm³/mol. The van der Waals surface area contributed by atoms with Crippen LogP contribution in [0.2, 0.25) is 0 Å². The fourth-order valence-corrected chi connectivity index (χ4v) is 4.62. The van der Waals surface area contributed by atoms with Crippen molar-refractivity contribution in [1.82, 2.24) is 25.8 Å². The molecule has 2 saturated heterocycles. The van der Waals surface area contributed by atoms with E-state index in [-0.39, 0.29) is 35.8 Å². The van der Waals surface area contributed by atoms with Crippen molar-refractivity contribution in [3.63, 3.8) is 0 Å². The number of guanidine groups is 1. The summed E-state index contributed by atoms with van der Waals surface area (Å²) in [5, 5.41) is 9.71. The van der Waals surface area contributed by atoms with Crippen molar-refractivity contribution in [1.29, 1.82) is 0 Å². The van der Waals surface area contributed by atoms with Crippen LogP contribution in [0.25, 0.3) is 0 Å². The summed E-state index contributed by atoms with van der Waals surface area (Å²) in [6.45, 7) is 6.36. The Bertz CT molecular complexity index is 731. The first-order chi connectivity index (χ1) is 13.0. The number of aryl methyl sites for hydroxylation is 1. The second-order valence-corrected chi connectivity index (χ2v) is 8.37. The molecule has 0 saturated carbocycles. The van der Waals surface area contributed by atoms with Gasteiger partial charge in [0.2, 0.25) is 0 Å². The van der Waals surface area contributed by atoms with Crippen LogP contribution < -0.4 is 16.0 Å². The number of likely N-dealkylation sites (tertiary alicyclic amines) is 1. The van der Waals surface area contributed by atoms with Crippen LogP contribution in [0.4, 0.5) is 4.79 Å². The number of piperidine rings is 1. The number of aromatic nitrogens is 1. The van der Waals surface area contributed by atoms with E-state index < -0.39 is 11.6 Å². The summed E-state index contributed by atoms with van der Waals surface area (Å²) < 4.78 is 0. The Morgan fingerprint density at radius 2 is 2.14 bits per heavy atom. The molecule has 0 spiro atoms. The molecular weight excluding hydrogens is 491 g/mol. The summed E-state index contributed by atoms with van der Waals surface area (Å²) in [5.41, 5.74) is -0.804. The Hall–Kier alpha value is -1.43. The highest BCUT2D eigenvalue weighted by molar-refractivity contribution is 14.0. The lowest BCUT2D eigenvalue weighted by Crippen LogP contribution is -2.55. The van der Waals surface area contributed by atoms with Gasteiger partial charge in [-0.25, -0.2) is 9.78 Å². The number of halogens is 1. The number of hydrogen-bond acceptors (Lipinski definition) is 5. The minimum Gasteiger partial charge on any atom is -0.356 e. The number of rotatable bonds is 5. The molecule has 0 aromatic carbocycles. The smallest absolute Gasteiger partial charge is 0.322 e. The number of hydrogen-bond donors (Lipinski definition) is 3. The number of carbonyl (C=O) groups is 2. The first kappa shape index (κ1) is 22.9. The number of thiazole rings is 1. The van der Waals surface area contributed by atoms with E-state index in [1.54, 1.807) is 18.4 Å². The van der Waals surface area contributed by atoms with Gasteiger partial charge in [0.15, 0.2) is 5.96 Å². The van der Waals surface area contributed by atoms with E-state index in [0.717, 1.165) is 56.3 Å². The van der Waals surface area contributed by atoms with E-state index in [2.05, 4.69) is 37.8 Å². The van der Waals surface area contributed by atoms with Crippen LogP contribution in [0.15, 0.2) is 11.2 Å². The van der Waals surface area contributed by atoms with Gasteiger partial charge in [-0.3, -0.25) is 15.1 Å². The third kappa shape index (κ3) is 4.94. The molecule has 0 radical (unpaired) electrons. The van der Waals surface area contributed by atoms with Gasteiger partial charge in [0.05, 0.1) is 5.01 Å². The molecule has 2 aliphatic rings. The Morgan fingerprint density at radius 1 is 1.43 bits per heavy atom. The molecule has 1 aromatic rings. The molecule has 156 valence electrons. The zero-order valence-corrected chi connectivity index (χ0v) is 19.7. The molecule has 0 aliphatic carbocycles. The maximum Gasteiger partial charge on any atom is 0.322 e. The topological polar surface area (TPSA) is 98.7 Å². The molecule has 1 aromatic heterocycles. The summed E-state index contributed by atoms with van der Waals surface area (Å²) in [4.78, 5) is 36.0. The highest BCUT2D eigenvalue weighted by Gasteiger charge is 2.48. The maximum absolute atomic E-state index is 12.1. The fraction of sp³-hybridized carbons (Fsp3) is 0.667. The van der Waals surface area contributed by atoms with Gasteiger partial charge in [-0.05, 0) is 32.1 Å². The SMILES string of the molecule is CCc1cnc(CCNC(=NC)N2CCC(C3(C)NC(=O)NC3=O)CC2)s1.I. The van der Waals surface area contributed by atoms with E-state index >= 15 is 0 Å². The average molecular weight is 520 g/mol. The third-order valence-corrected chi connectivity index (χ3v) is 6.67. The maximum atomic E-state index is 12.1. The zero-order chi connectivity index (χ0) is 19.4. The van der Waals surface area contributed by atoms with Crippen molar-refractivity contribution < 1.29 is 9.59 Å². The van der Waals surface area contributed by atoms with Crippen LogP contribution in [0, 0.1) is 5.92 Å². The first-order valence-electron chi connectivity index (χ1n) is 9.49. The molecule has 2 aliphatic heterocycles. The van der Waals surface area contributed by atoms with Crippen molar-refractivity contribution in [3.05, 3.63) is 16.1 Å². The lowest BCUT2D eigenvalue weighted by atomic mass is 9.79. The molecule has 3 amide bonds. The highest BCUT2D eigenvalue weighted by Crippen LogP contribution is 2.30. The van der Waals surface area contributed by atoms with Crippen molar-refractivity contribution in [2.75, 3.05) is 26.7 Å². The standard InChI is InChI=1S/C18H28N6O2S.HI/c1-4-13-11-21-14(27-13)5-8-20-16(19-3)24-9-6-12(7-10-24)18(2)15(25)22-17(26)23-18;/h11-12H,4-10H2,1-3H3,(H,19,20)(H2,22,23,25,26);1H. The van der Waals surface area contributed by atoms with Crippen molar-refractivity contribution >= 4 is 53.2 Å². The second kappa shape index (κ2) is 9.86. The molecule has 28 heavy (non-hydrogen) atoms. The first-order valence-corrected chi connectivity index (χ1v) is 10.3. The molecule has 3 N–H and O–H groups in total. The van der Waals surface area contributed by atoms with Crippen LogP contribution in [0.3, 0.4) is 0 Å². The van der Waals surface area contributed by atoms with Crippen molar-refractivity contribution in [3.8, 4) is 0 Å². The van der Waals surface area contributed by atoms with Crippen molar-refractivity contribution in [2.24, 2.45) is 10.9 Å². The van der Waals surface area contributed by atoms with E-state index in [4.69, 9.17) is 0 Å². The van der Waals surface area contributed by atoms with Crippen LogP contribution in [-0.4, -0.2) is 60.0 Å². The normalized spacial score (nSPS) is 23.2. The monoisotopic (exact) mass is 520 g/mol. The Kier molecular flexibility index (Phi) is 8.05. The molecule has 8 nitrogen and oxygen atoms in total. The molecule has 0 bridgehead atoms. The Morgan fingerprint density at radius 3 is 2.68 bits per heavy atom. The minimum atomic E-state index is -0.804. The van der Waals surface area contributed by atoms with Crippen LogP contribution in [0.1, 0.15) is 36.6 Å². The van der Waals surface area contributed by atoms with E-state index in [1.807, 2.05) is 13.1 Å². The summed E-state index contributed by atoms with van der Waals surface area (Å²) in [6.07, 6.45) is 5.52. The van der Waals surface area contributed by atoms with E-state index in [1.165, 1.54) is 4.88 Å². The van der Waals surface area contributed by atoms with Gasteiger partial charge in [0.25, 0.3) is 5.91 Å². The molecule has 10 heteroatoms. The molecular formula is C18H29IN6O2S. The largest absolute Gasteiger partial charge is 0.356 e. The lowest BCUT2D eigenvalue weighted by molar-refractivity contribution is -0.125. The molecule has 1 atom stereocenters. The highest BCUT2D eigenvalue weighted by atomic mass is 127. The number of imide groups is 1. The Balaban J connectivity index is 0.00000280. The number of carbonyl (C=O) groups excluding carboxylic acids is 2. The van der Waals surface area contributed by atoms with Gasteiger partial charge in [-0.15, -0.1) is 35.3 Å². The molecule has 3 rings (SSSR count).